The lowest BCUT2D eigenvalue weighted by Gasteiger charge is -2.18. The van der Waals surface area contributed by atoms with Gasteiger partial charge in [0.15, 0.2) is 0 Å². The van der Waals surface area contributed by atoms with Crippen molar-refractivity contribution in [3.05, 3.63) is 34.8 Å². The molecule has 0 aliphatic heterocycles. The van der Waals surface area contributed by atoms with Crippen molar-refractivity contribution in [1.29, 1.82) is 0 Å². The normalized spacial score (nSPS) is 12.1. The number of ether oxygens (including phenoxy) is 1. The number of rotatable bonds is 5. The summed E-state index contributed by atoms with van der Waals surface area (Å²) in [5.74, 6) is 0.689. The lowest BCUT2D eigenvalue weighted by molar-refractivity contribution is 0.417. The molecule has 1 aromatic heterocycles. The van der Waals surface area contributed by atoms with Gasteiger partial charge in [0.25, 0.3) is 0 Å². The molecule has 0 amide bonds. The molecule has 0 fully saturated rings. The van der Waals surface area contributed by atoms with Crippen molar-refractivity contribution in [2.24, 2.45) is 0 Å². The number of nitrogens with one attached hydrogen (secondary N) is 1. The van der Waals surface area contributed by atoms with Gasteiger partial charge in [-0.2, -0.15) is 0 Å². The first-order valence-corrected chi connectivity index (χ1v) is 6.72. The van der Waals surface area contributed by atoms with E-state index < -0.39 is 0 Å². The molecule has 3 N–H and O–H groups in total. The van der Waals surface area contributed by atoms with Crippen molar-refractivity contribution < 1.29 is 4.74 Å². The molecule has 0 radical (unpaired) electrons. The highest BCUT2D eigenvalue weighted by Gasteiger charge is 2.14. The number of nitrogens with zero attached hydrogens (tertiary/aromatic N) is 1. The van der Waals surface area contributed by atoms with Crippen molar-refractivity contribution in [2.75, 3.05) is 18.2 Å². The average Bonchev–Trinajstić information content (AvgIpc) is 2.91. The second-order valence-corrected chi connectivity index (χ2v) is 4.82. The van der Waals surface area contributed by atoms with Gasteiger partial charge in [-0.1, -0.05) is 13.0 Å². The number of hydrogen-bond donors (Lipinski definition) is 2. The minimum atomic E-state index is 0.180. The Morgan fingerprint density at radius 3 is 2.94 bits per heavy atom. The molecule has 1 aromatic carbocycles. The number of nitrogen functional groups attached to an aromatic ring is 1. The summed E-state index contributed by atoms with van der Waals surface area (Å²) in [6.07, 6.45) is 2.77. The molecule has 0 spiro atoms. The largest absolute Gasteiger partial charge is 0.495 e. The zero-order valence-electron chi connectivity index (χ0n) is 10.5. The van der Waals surface area contributed by atoms with Crippen molar-refractivity contribution in [2.45, 2.75) is 19.4 Å². The van der Waals surface area contributed by atoms with E-state index in [1.165, 1.54) is 0 Å². The van der Waals surface area contributed by atoms with Crippen LogP contribution in [0.15, 0.2) is 29.8 Å². The molecule has 1 heterocycles. The molecule has 0 aliphatic rings. The molecule has 5 heteroatoms. The monoisotopic (exact) mass is 263 g/mol. The summed E-state index contributed by atoms with van der Waals surface area (Å²) in [7, 11) is 1.62. The van der Waals surface area contributed by atoms with E-state index in [9.17, 15) is 0 Å². The van der Waals surface area contributed by atoms with E-state index in [4.69, 9.17) is 10.5 Å². The SMILES string of the molecule is CCC(Nc1cccc(OC)c1N)c1nccs1. The fourth-order valence-corrected chi connectivity index (χ4v) is 2.55. The van der Waals surface area contributed by atoms with E-state index >= 15 is 0 Å². The van der Waals surface area contributed by atoms with Crippen LogP contribution in [0.2, 0.25) is 0 Å². The van der Waals surface area contributed by atoms with Crippen molar-refractivity contribution in [1.82, 2.24) is 4.98 Å². The number of benzene rings is 1. The van der Waals surface area contributed by atoms with E-state index in [0.717, 1.165) is 17.1 Å². The number of methoxy groups -OCH3 is 1. The molecule has 0 saturated heterocycles. The molecular weight excluding hydrogens is 246 g/mol. The summed E-state index contributed by atoms with van der Waals surface area (Å²) >= 11 is 1.64. The second-order valence-electron chi connectivity index (χ2n) is 3.90. The lowest BCUT2D eigenvalue weighted by atomic mass is 10.2. The fraction of sp³-hybridized carbons (Fsp3) is 0.308. The van der Waals surface area contributed by atoms with Crippen molar-refractivity contribution in [3.63, 3.8) is 0 Å². The van der Waals surface area contributed by atoms with Crippen LogP contribution in [0.5, 0.6) is 5.75 Å². The quantitative estimate of drug-likeness (QED) is 0.813. The van der Waals surface area contributed by atoms with Crippen LogP contribution in [0, 0.1) is 0 Å². The van der Waals surface area contributed by atoms with E-state index in [1.807, 2.05) is 29.8 Å². The molecule has 0 aliphatic carbocycles. The number of nitrogens with two attached hydrogens (primary N) is 1. The molecule has 1 unspecified atom stereocenters. The van der Waals surface area contributed by atoms with Crippen molar-refractivity contribution in [3.8, 4) is 5.75 Å². The summed E-state index contributed by atoms with van der Waals surface area (Å²) < 4.78 is 5.21. The van der Waals surface area contributed by atoms with Crippen LogP contribution in [-0.2, 0) is 0 Å². The summed E-state index contributed by atoms with van der Waals surface area (Å²) in [5, 5.41) is 6.47. The van der Waals surface area contributed by atoms with E-state index in [-0.39, 0.29) is 6.04 Å². The van der Waals surface area contributed by atoms with Gasteiger partial charge in [-0.25, -0.2) is 4.98 Å². The molecule has 0 saturated carbocycles. The highest BCUT2D eigenvalue weighted by molar-refractivity contribution is 7.09. The summed E-state index contributed by atoms with van der Waals surface area (Å²) in [4.78, 5) is 4.34. The Balaban J connectivity index is 2.22. The minimum absolute atomic E-state index is 0.180. The lowest BCUT2D eigenvalue weighted by Crippen LogP contribution is -2.11. The van der Waals surface area contributed by atoms with Gasteiger partial charge in [-0.05, 0) is 18.6 Å². The average molecular weight is 263 g/mol. The Morgan fingerprint density at radius 2 is 2.33 bits per heavy atom. The first-order chi connectivity index (χ1) is 8.76. The van der Waals surface area contributed by atoms with E-state index in [0.29, 0.717) is 11.4 Å². The number of anilines is 2. The van der Waals surface area contributed by atoms with Crippen LogP contribution in [0.3, 0.4) is 0 Å². The zero-order chi connectivity index (χ0) is 13.0. The molecule has 2 aromatic rings. The Kier molecular flexibility index (Phi) is 4.04. The van der Waals surface area contributed by atoms with Gasteiger partial charge in [0.1, 0.15) is 10.8 Å². The standard InChI is InChI=1S/C13H17N3OS/c1-3-9(13-15-7-8-18-13)16-10-5-4-6-11(17-2)12(10)14/h4-9,16H,3,14H2,1-2H3. The maximum Gasteiger partial charge on any atom is 0.143 e. The van der Waals surface area contributed by atoms with Crippen molar-refractivity contribution >= 4 is 22.7 Å². The maximum absolute atomic E-state index is 6.05. The van der Waals surface area contributed by atoms with Crippen LogP contribution < -0.4 is 15.8 Å². The van der Waals surface area contributed by atoms with Gasteiger partial charge in [0.2, 0.25) is 0 Å². The maximum atomic E-state index is 6.05. The van der Waals surface area contributed by atoms with Crippen LogP contribution in [0.4, 0.5) is 11.4 Å². The molecule has 2 rings (SSSR count). The third kappa shape index (κ3) is 2.56. The van der Waals surface area contributed by atoms with Crippen LogP contribution >= 0.6 is 11.3 Å². The fourth-order valence-electron chi connectivity index (χ4n) is 1.78. The van der Waals surface area contributed by atoms with Gasteiger partial charge < -0.3 is 15.8 Å². The predicted molar refractivity (Wildman–Crippen MR) is 76.2 cm³/mol. The summed E-state index contributed by atoms with van der Waals surface area (Å²) in [6, 6.07) is 5.91. The topological polar surface area (TPSA) is 60.2 Å². The number of hydrogen-bond acceptors (Lipinski definition) is 5. The Bertz CT molecular complexity index is 499. The third-order valence-corrected chi connectivity index (χ3v) is 3.66. The Labute approximate surface area is 111 Å². The molecule has 96 valence electrons. The number of thiazole rings is 1. The summed E-state index contributed by atoms with van der Waals surface area (Å²) in [6.45, 7) is 2.12. The molecular formula is C13H17N3OS. The molecule has 18 heavy (non-hydrogen) atoms. The number of aromatic nitrogens is 1. The van der Waals surface area contributed by atoms with Crippen LogP contribution in [-0.4, -0.2) is 12.1 Å². The van der Waals surface area contributed by atoms with E-state index in [1.54, 1.807) is 18.4 Å². The Hall–Kier alpha value is -1.75. The van der Waals surface area contributed by atoms with Gasteiger partial charge in [0, 0.05) is 11.6 Å². The van der Waals surface area contributed by atoms with Crippen LogP contribution in [0.1, 0.15) is 24.4 Å². The smallest absolute Gasteiger partial charge is 0.143 e. The van der Waals surface area contributed by atoms with Crippen LogP contribution in [0.25, 0.3) is 0 Å². The second kappa shape index (κ2) is 5.73. The molecule has 1 atom stereocenters. The zero-order valence-corrected chi connectivity index (χ0v) is 11.3. The third-order valence-electron chi connectivity index (χ3n) is 2.77. The first-order valence-electron chi connectivity index (χ1n) is 5.84. The predicted octanol–water partition coefficient (Wildman–Crippen LogP) is 3.30. The highest BCUT2D eigenvalue weighted by atomic mass is 32.1. The molecule has 4 nitrogen and oxygen atoms in total. The number of para-hydroxylation sites is 1. The van der Waals surface area contributed by atoms with Gasteiger partial charge >= 0.3 is 0 Å². The van der Waals surface area contributed by atoms with Gasteiger partial charge in [0.05, 0.1) is 24.5 Å². The van der Waals surface area contributed by atoms with Gasteiger partial charge in [-0.15, -0.1) is 11.3 Å². The summed E-state index contributed by atoms with van der Waals surface area (Å²) in [5.41, 5.74) is 7.57. The first kappa shape index (κ1) is 12.7. The minimum Gasteiger partial charge on any atom is -0.495 e. The molecule has 0 bridgehead atoms. The van der Waals surface area contributed by atoms with Gasteiger partial charge in [-0.3, -0.25) is 0 Å². The Morgan fingerprint density at radius 1 is 1.50 bits per heavy atom. The van der Waals surface area contributed by atoms with E-state index in [2.05, 4.69) is 17.2 Å². The highest BCUT2D eigenvalue weighted by Crippen LogP contribution is 2.32.